The molecule has 0 aromatic heterocycles. The van der Waals surface area contributed by atoms with Gasteiger partial charge in [-0.25, -0.2) is 0 Å². The fraction of sp³-hybridized carbons (Fsp3) is 0.846. The minimum Gasteiger partial charge on any atom is -0.481 e. The van der Waals surface area contributed by atoms with E-state index in [9.17, 15) is 9.59 Å². The zero-order valence-corrected chi connectivity index (χ0v) is 10.6. The number of aliphatic carboxylic acids is 1. The lowest BCUT2D eigenvalue weighted by Crippen LogP contribution is -2.37. The third kappa shape index (κ3) is 4.75. The SMILES string of the molecule is CCCC(CNC(=O)C1CCCCC1)C(=O)O. The molecule has 0 heterocycles. The molecule has 1 amide bonds. The van der Waals surface area contributed by atoms with Crippen LogP contribution in [0, 0.1) is 11.8 Å². The van der Waals surface area contributed by atoms with Crippen LogP contribution in [0.15, 0.2) is 0 Å². The largest absolute Gasteiger partial charge is 0.481 e. The van der Waals surface area contributed by atoms with Crippen molar-refractivity contribution in [3.05, 3.63) is 0 Å². The van der Waals surface area contributed by atoms with Crippen molar-refractivity contribution in [2.24, 2.45) is 11.8 Å². The molecular weight excluding hydrogens is 218 g/mol. The highest BCUT2D eigenvalue weighted by Gasteiger charge is 2.23. The molecule has 0 saturated heterocycles. The van der Waals surface area contributed by atoms with E-state index < -0.39 is 11.9 Å². The minimum atomic E-state index is -0.809. The van der Waals surface area contributed by atoms with Gasteiger partial charge in [0.05, 0.1) is 5.92 Å². The molecule has 2 N–H and O–H groups in total. The molecule has 0 aromatic rings. The average molecular weight is 241 g/mol. The minimum absolute atomic E-state index is 0.0482. The summed E-state index contributed by atoms with van der Waals surface area (Å²) in [6.45, 7) is 2.23. The number of nitrogens with one attached hydrogen (secondary N) is 1. The maximum Gasteiger partial charge on any atom is 0.308 e. The van der Waals surface area contributed by atoms with E-state index in [2.05, 4.69) is 5.32 Å². The van der Waals surface area contributed by atoms with Crippen molar-refractivity contribution in [3.63, 3.8) is 0 Å². The fourth-order valence-corrected chi connectivity index (χ4v) is 2.39. The predicted molar refractivity (Wildman–Crippen MR) is 65.6 cm³/mol. The lowest BCUT2D eigenvalue weighted by Gasteiger charge is -2.21. The standard InChI is InChI=1S/C13H23NO3/c1-2-6-11(13(16)17)9-14-12(15)10-7-4-3-5-8-10/h10-11H,2-9H2,1H3,(H,14,15)(H,16,17). The molecule has 1 aliphatic carbocycles. The van der Waals surface area contributed by atoms with E-state index in [1.807, 2.05) is 6.92 Å². The quantitative estimate of drug-likeness (QED) is 0.749. The van der Waals surface area contributed by atoms with Crippen molar-refractivity contribution in [3.8, 4) is 0 Å². The van der Waals surface area contributed by atoms with Crippen molar-refractivity contribution in [2.45, 2.75) is 51.9 Å². The number of hydrogen-bond donors (Lipinski definition) is 2. The number of carbonyl (C=O) groups is 2. The Morgan fingerprint density at radius 1 is 1.29 bits per heavy atom. The summed E-state index contributed by atoms with van der Waals surface area (Å²) in [7, 11) is 0. The summed E-state index contributed by atoms with van der Waals surface area (Å²) in [5.41, 5.74) is 0. The second-order valence-electron chi connectivity index (χ2n) is 4.90. The molecule has 1 saturated carbocycles. The Balaban J connectivity index is 2.32. The van der Waals surface area contributed by atoms with Crippen LogP contribution in [-0.4, -0.2) is 23.5 Å². The van der Waals surface area contributed by atoms with Crippen LogP contribution in [0.5, 0.6) is 0 Å². The lowest BCUT2D eigenvalue weighted by atomic mass is 9.88. The van der Waals surface area contributed by atoms with Crippen LogP contribution in [0.2, 0.25) is 0 Å². The van der Waals surface area contributed by atoms with E-state index in [0.717, 1.165) is 32.1 Å². The number of rotatable bonds is 6. The fourth-order valence-electron chi connectivity index (χ4n) is 2.39. The van der Waals surface area contributed by atoms with Gasteiger partial charge in [-0.1, -0.05) is 32.6 Å². The van der Waals surface area contributed by atoms with E-state index in [0.29, 0.717) is 6.42 Å². The highest BCUT2D eigenvalue weighted by molar-refractivity contribution is 5.79. The summed E-state index contributed by atoms with van der Waals surface area (Å²) < 4.78 is 0. The molecule has 1 unspecified atom stereocenters. The zero-order chi connectivity index (χ0) is 12.7. The molecule has 98 valence electrons. The van der Waals surface area contributed by atoms with Crippen molar-refractivity contribution in [2.75, 3.05) is 6.54 Å². The Bertz CT molecular complexity index is 259. The summed E-state index contributed by atoms with van der Waals surface area (Å²) in [5.74, 6) is -1.09. The second-order valence-corrected chi connectivity index (χ2v) is 4.90. The van der Waals surface area contributed by atoms with Gasteiger partial charge in [0.15, 0.2) is 0 Å². The van der Waals surface area contributed by atoms with Gasteiger partial charge in [0.25, 0.3) is 0 Å². The molecule has 1 atom stereocenters. The first kappa shape index (κ1) is 14.0. The second kappa shape index (κ2) is 7.30. The van der Waals surface area contributed by atoms with Crippen molar-refractivity contribution in [1.29, 1.82) is 0 Å². The lowest BCUT2D eigenvalue weighted by molar-refractivity contribution is -0.142. The maximum atomic E-state index is 11.8. The smallest absolute Gasteiger partial charge is 0.308 e. The molecule has 1 fully saturated rings. The monoisotopic (exact) mass is 241 g/mol. The van der Waals surface area contributed by atoms with Gasteiger partial charge in [-0.05, 0) is 19.3 Å². The van der Waals surface area contributed by atoms with Gasteiger partial charge < -0.3 is 10.4 Å². The first-order valence-electron chi connectivity index (χ1n) is 6.65. The van der Waals surface area contributed by atoms with E-state index in [4.69, 9.17) is 5.11 Å². The van der Waals surface area contributed by atoms with Crippen LogP contribution in [0.4, 0.5) is 0 Å². The average Bonchev–Trinajstić information content (AvgIpc) is 2.34. The summed E-state index contributed by atoms with van der Waals surface area (Å²) in [6, 6.07) is 0. The molecule has 4 nitrogen and oxygen atoms in total. The number of carbonyl (C=O) groups excluding carboxylic acids is 1. The van der Waals surface area contributed by atoms with E-state index in [1.165, 1.54) is 6.42 Å². The predicted octanol–water partition coefficient (Wildman–Crippen LogP) is 2.18. The Kier molecular flexibility index (Phi) is 6.01. The molecular formula is C13H23NO3. The third-order valence-electron chi connectivity index (χ3n) is 3.49. The first-order valence-corrected chi connectivity index (χ1v) is 6.65. The Labute approximate surface area is 103 Å². The molecule has 1 aliphatic rings. The number of carboxylic acids is 1. The number of hydrogen-bond acceptors (Lipinski definition) is 2. The molecule has 0 radical (unpaired) electrons. The van der Waals surface area contributed by atoms with Crippen LogP contribution in [0.25, 0.3) is 0 Å². The van der Waals surface area contributed by atoms with Gasteiger partial charge in [-0.3, -0.25) is 9.59 Å². The van der Waals surface area contributed by atoms with Gasteiger partial charge >= 0.3 is 5.97 Å². The van der Waals surface area contributed by atoms with Crippen LogP contribution >= 0.6 is 0 Å². The van der Waals surface area contributed by atoms with Gasteiger partial charge in [-0.2, -0.15) is 0 Å². The highest BCUT2D eigenvalue weighted by Crippen LogP contribution is 2.23. The number of amides is 1. The van der Waals surface area contributed by atoms with Crippen molar-refractivity contribution >= 4 is 11.9 Å². The van der Waals surface area contributed by atoms with Crippen LogP contribution in [-0.2, 0) is 9.59 Å². The van der Waals surface area contributed by atoms with Gasteiger partial charge in [-0.15, -0.1) is 0 Å². The molecule has 0 aliphatic heterocycles. The van der Waals surface area contributed by atoms with Crippen LogP contribution in [0.1, 0.15) is 51.9 Å². The highest BCUT2D eigenvalue weighted by atomic mass is 16.4. The van der Waals surface area contributed by atoms with Crippen LogP contribution in [0.3, 0.4) is 0 Å². The summed E-state index contributed by atoms with van der Waals surface area (Å²) in [4.78, 5) is 22.8. The van der Waals surface area contributed by atoms with Gasteiger partial charge in [0, 0.05) is 12.5 Å². The van der Waals surface area contributed by atoms with E-state index in [1.54, 1.807) is 0 Å². The Morgan fingerprint density at radius 3 is 2.47 bits per heavy atom. The molecule has 0 spiro atoms. The normalized spacial score (nSPS) is 18.6. The van der Waals surface area contributed by atoms with Crippen LogP contribution < -0.4 is 5.32 Å². The molecule has 17 heavy (non-hydrogen) atoms. The molecule has 0 bridgehead atoms. The first-order chi connectivity index (χ1) is 8.15. The van der Waals surface area contributed by atoms with E-state index in [-0.39, 0.29) is 18.4 Å². The summed E-state index contributed by atoms with van der Waals surface area (Å²) >= 11 is 0. The van der Waals surface area contributed by atoms with Gasteiger partial charge in [0.1, 0.15) is 0 Å². The molecule has 4 heteroatoms. The van der Waals surface area contributed by atoms with Crippen molar-refractivity contribution in [1.82, 2.24) is 5.32 Å². The Morgan fingerprint density at radius 2 is 1.94 bits per heavy atom. The van der Waals surface area contributed by atoms with E-state index >= 15 is 0 Å². The number of carboxylic acid groups (broad SMARTS) is 1. The zero-order valence-electron chi connectivity index (χ0n) is 10.6. The summed E-state index contributed by atoms with van der Waals surface area (Å²) in [5, 5.41) is 11.8. The molecule has 0 aromatic carbocycles. The topological polar surface area (TPSA) is 66.4 Å². The molecule has 1 rings (SSSR count). The third-order valence-corrected chi connectivity index (χ3v) is 3.49. The van der Waals surface area contributed by atoms with Crippen molar-refractivity contribution < 1.29 is 14.7 Å². The Hall–Kier alpha value is -1.06. The van der Waals surface area contributed by atoms with Gasteiger partial charge in [0.2, 0.25) is 5.91 Å². The maximum absolute atomic E-state index is 11.8. The summed E-state index contributed by atoms with van der Waals surface area (Å²) in [6.07, 6.45) is 6.83.